The monoisotopic (exact) mass is 241 g/mol. The maximum atomic E-state index is 11.7. The molecular formula is C10H11NO4S. The Morgan fingerprint density at radius 3 is 2.69 bits per heavy atom. The fourth-order valence-electron chi connectivity index (χ4n) is 1.34. The Morgan fingerprint density at radius 1 is 1.56 bits per heavy atom. The van der Waals surface area contributed by atoms with E-state index in [9.17, 15) is 9.59 Å². The summed E-state index contributed by atoms with van der Waals surface area (Å²) in [7, 11) is 1.52. The largest absolute Gasteiger partial charge is 0.496 e. The third-order valence-electron chi connectivity index (χ3n) is 2.55. The van der Waals surface area contributed by atoms with Crippen LogP contribution in [0.5, 0.6) is 5.75 Å². The molecule has 1 amide bonds. The number of rotatable bonds is 4. The molecule has 86 valence electrons. The molecule has 5 nitrogen and oxygen atoms in total. The molecule has 0 aliphatic heterocycles. The number of thiophene rings is 1. The summed E-state index contributed by atoms with van der Waals surface area (Å²) in [4.78, 5) is 23.1. The van der Waals surface area contributed by atoms with E-state index < -0.39 is 11.5 Å². The minimum atomic E-state index is -1.03. The molecule has 0 saturated heterocycles. The van der Waals surface area contributed by atoms with Crippen molar-refractivity contribution in [3.63, 3.8) is 0 Å². The number of carbonyl (C=O) groups excluding carboxylic acids is 1. The number of hydrogen-bond donors (Lipinski definition) is 2. The summed E-state index contributed by atoms with van der Waals surface area (Å²) in [6.07, 6.45) is 0.993. The number of methoxy groups -OCH3 is 1. The molecule has 1 fully saturated rings. The van der Waals surface area contributed by atoms with Gasteiger partial charge < -0.3 is 15.2 Å². The van der Waals surface area contributed by atoms with Crippen molar-refractivity contribution < 1.29 is 19.4 Å². The van der Waals surface area contributed by atoms with Crippen LogP contribution in [0.3, 0.4) is 0 Å². The second-order valence-corrected chi connectivity index (χ2v) is 4.60. The van der Waals surface area contributed by atoms with E-state index in [1.807, 2.05) is 0 Å². The van der Waals surface area contributed by atoms with Crippen LogP contribution in [0.15, 0.2) is 11.4 Å². The lowest BCUT2D eigenvalue weighted by atomic mass is 10.2. The van der Waals surface area contributed by atoms with Gasteiger partial charge in [-0.05, 0) is 12.8 Å². The van der Waals surface area contributed by atoms with Crippen LogP contribution in [0, 0.1) is 0 Å². The predicted molar refractivity (Wildman–Crippen MR) is 57.9 cm³/mol. The van der Waals surface area contributed by atoms with Gasteiger partial charge in [-0.25, -0.2) is 4.79 Å². The van der Waals surface area contributed by atoms with E-state index in [0.717, 1.165) is 0 Å². The van der Waals surface area contributed by atoms with Crippen LogP contribution >= 0.6 is 11.3 Å². The summed E-state index contributed by atoms with van der Waals surface area (Å²) in [5, 5.41) is 13.2. The Bertz CT molecular complexity index is 436. The molecule has 1 aromatic heterocycles. The molecule has 1 heterocycles. The molecule has 1 aromatic rings. The molecule has 0 spiro atoms. The fraction of sp³-hybridized carbons (Fsp3) is 0.400. The van der Waals surface area contributed by atoms with E-state index in [2.05, 4.69) is 5.32 Å². The molecule has 0 unspecified atom stereocenters. The third kappa shape index (κ3) is 1.88. The normalized spacial score (nSPS) is 16.6. The lowest BCUT2D eigenvalue weighted by Gasteiger charge is -2.10. The van der Waals surface area contributed by atoms with E-state index in [-0.39, 0.29) is 5.91 Å². The van der Waals surface area contributed by atoms with Crippen LogP contribution in [0.1, 0.15) is 22.5 Å². The first-order valence-electron chi connectivity index (χ1n) is 4.76. The van der Waals surface area contributed by atoms with Gasteiger partial charge in [0, 0.05) is 11.4 Å². The molecule has 2 N–H and O–H groups in total. The van der Waals surface area contributed by atoms with Gasteiger partial charge in [-0.1, -0.05) is 0 Å². The van der Waals surface area contributed by atoms with Gasteiger partial charge >= 0.3 is 5.97 Å². The molecule has 2 rings (SSSR count). The Balaban J connectivity index is 2.06. The van der Waals surface area contributed by atoms with Crippen molar-refractivity contribution >= 4 is 23.2 Å². The highest BCUT2D eigenvalue weighted by molar-refractivity contribution is 7.12. The van der Waals surface area contributed by atoms with Crippen molar-refractivity contribution in [2.75, 3.05) is 7.11 Å². The van der Waals surface area contributed by atoms with Gasteiger partial charge in [0.15, 0.2) is 0 Å². The molecule has 0 aromatic carbocycles. The van der Waals surface area contributed by atoms with Crippen LogP contribution in [0.25, 0.3) is 0 Å². The van der Waals surface area contributed by atoms with Crippen molar-refractivity contribution in [2.24, 2.45) is 0 Å². The van der Waals surface area contributed by atoms with Gasteiger partial charge in [-0.15, -0.1) is 11.3 Å². The zero-order valence-electron chi connectivity index (χ0n) is 8.65. The van der Waals surface area contributed by atoms with Crippen molar-refractivity contribution in [3.8, 4) is 5.75 Å². The lowest BCUT2D eigenvalue weighted by Crippen LogP contribution is -2.42. The fourth-order valence-corrected chi connectivity index (χ4v) is 2.09. The summed E-state index contributed by atoms with van der Waals surface area (Å²) in [5.41, 5.74) is -1.03. The van der Waals surface area contributed by atoms with Gasteiger partial charge in [0.2, 0.25) is 0 Å². The van der Waals surface area contributed by atoms with Gasteiger partial charge in [-0.2, -0.15) is 0 Å². The van der Waals surface area contributed by atoms with Crippen molar-refractivity contribution in [1.82, 2.24) is 5.32 Å². The highest BCUT2D eigenvalue weighted by Crippen LogP contribution is 2.36. The highest BCUT2D eigenvalue weighted by atomic mass is 32.1. The van der Waals surface area contributed by atoms with Crippen molar-refractivity contribution in [3.05, 3.63) is 16.3 Å². The Morgan fingerprint density at radius 2 is 2.25 bits per heavy atom. The molecule has 0 atom stereocenters. The van der Waals surface area contributed by atoms with E-state index >= 15 is 0 Å². The van der Waals surface area contributed by atoms with Crippen LogP contribution in [0.4, 0.5) is 0 Å². The summed E-state index contributed by atoms with van der Waals surface area (Å²) < 4.78 is 4.95. The number of carbonyl (C=O) groups is 2. The van der Waals surface area contributed by atoms with Crippen LogP contribution < -0.4 is 10.1 Å². The summed E-state index contributed by atoms with van der Waals surface area (Å²) in [6, 6.07) is 1.60. The number of amides is 1. The minimum absolute atomic E-state index is 0.354. The van der Waals surface area contributed by atoms with E-state index in [1.165, 1.54) is 18.4 Å². The number of aliphatic carboxylic acids is 1. The SMILES string of the molecule is COc1csc(C(=O)NC2(C(=O)O)CC2)c1. The first-order valence-corrected chi connectivity index (χ1v) is 5.64. The average molecular weight is 241 g/mol. The first kappa shape index (κ1) is 10.9. The molecule has 16 heavy (non-hydrogen) atoms. The Labute approximate surface area is 96.0 Å². The minimum Gasteiger partial charge on any atom is -0.496 e. The highest BCUT2D eigenvalue weighted by Gasteiger charge is 2.51. The topological polar surface area (TPSA) is 75.6 Å². The zero-order chi connectivity index (χ0) is 11.8. The third-order valence-corrected chi connectivity index (χ3v) is 3.45. The van der Waals surface area contributed by atoms with Gasteiger partial charge in [0.05, 0.1) is 12.0 Å². The molecule has 6 heteroatoms. The zero-order valence-corrected chi connectivity index (χ0v) is 9.47. The van der Waals surface area contributed by atoms with E-state index in [1.54, 1.807) is 11.4 Å². The predicted octanol–water partition coefficient (Wildman–Crippen LogP) is 1.10. The van der Waals surface area contributed by atoms with Crippen molar-refractivity contribution in [2.45, 2.75) is 18.4 Å². The second kappa shape index (κ2) is 3.79. The Hall–Kier alpha value is -1.56. The van der Waals surface area contributed by atoms with Crippen LogP contribution in [-0.4, -0.2) is 29.6 Å². The molecule has 0 bridgehead atoms. The summed E-state index contributed by atoms with van der Waals surface area (Å²) >= 11 is 1.23. The molecule has 1 aliphatic rings. The van der Waals surface area contributed by atoms with Gasteiger partial charge in [-0.3, -0.25) is 4.79 Å². The van der Waals surface area contributed by atoms with E-state index in [4.69, 9.17) is 9.84 Å². The Kier molecular flexibility index (Phi) is 2.59. The van der Waals surface area contributed by atoms with E-state index in [0.29, 0.717) is 23.5 Å². The van der Waals surface area contributed by atoms with Gasteiger partial charge in [0.1, 0.15) is 11.3 Å². The quantitative estimate of drug-likeness (QED) is 0.827. The first-order chi connectivity index (χ1) is 7.57. The van der Waals surface area contributed by atoms with Crippen LogP contribution in [0.2, 0.25) is 0 Å². The lowest BCUT2D eigenvalue weighted by molar-refractivity contribution is -0.140. The standard InChI is InChI=1S/C10H11NO4S/c1-15-6-4-7(16-5-6)8(12)11-10(2-3-10)9(13)14/h4-5H,2-3H2,1H3,(H,11,12)(H,13,14). The number of ether oxygens (including phenoxy) is 1. The number of carboxylic acid groups (broad SMARTS) is 1. The number of carboxylic acids is 1. The van der Waals surface area contributed by atoms with Crippen LogP contribution in [-0.2, 0) is 4.79 Å². The summed E-state index contributed by atoms with van der Waals surface area (Å²) in [5.74, 6) is -0.715. The smallest absolute Gasteiger partial charge is 0.329 e. The number of hydrogen-bond acceptors (Lipinski definition) is 4. The van der Waals surface area contributed by atoms with Crippen molar-refractivity contribution in [1.29, 1.82) is 0 Å². The molecule has 1 aliphatic carbocycles. The maximum Gasteiger partial charge on any atom is 0.329 e. The summed E-state index contributed by atoms with van der Waals surface area (Å²) in [6.45, 7) is 0. The molecule has 0 radical (unpaired) electrons. The van der Waals surface area contributed by atoms with Gasteiger partial charge in [0.25, 0.3) is 5.91 Å². The molecular weight excluding hydrogens is 230 g/mol. The molecule has 1 saturated carbocycles. The second-order valence-electron chi connectivity index (χ2n) is 3.69. The number of nitrogens with one attached hydrogen (secondary N) is 1. The average Bonchev–Trinajstić information content (AvgIpc) is 2.88. The maximum absolute atomic E-state index is 11.7.